The van der Waals surface area contributed by atoms with Crippen molar-refractivity contribution >= 4 is 45.6 Å². The molecule has 0 saturated heterocycles. The van der Waals surface area contributed by atoms with Crippen LogP contribution in [0.2, 0.25) is 0 Å². The van der Waals surface area contributed by atoms with E-state index in [9.17, 15) is 19.5 Å². The summed E-state index contributed by atoms with van der Waals surface area (Å²) in [5.41, 5.74) is 4.62. The van der Waals surface area contributed by atoms with Crippen LogP contribution in [0.15, 0.2) is 77.4 Å². The summed E-state index contributed by atoms with van der Waals surface area (Å²) in [7, 11) is 0. The third kappa shape index (κ3) is 4.56. The lowest BCUT2D eigenvalue weighted by Crippen LogP contribution is -2.37. The maximum Gasteiger partial charge on any atom is 0.348 e. The molecule has 0 spiro atoms. The summed E-state index contributed by atoms with van der Waals surface area (Å²) in [6.45, 7) is 2.61. The highest BCUT2D eigenvalue weighted by molar-refractivity contribution is 7.18. The first-order valence-electron chi connectivity index (χ1n) is 14.3. The molecule has 1 N–H and O–H groups in total. The van der Waals surface area contributed by atoms with Gasteiger partial charge in [0.25, 0.3) is 0 Å². The maximum atomic E-state index is 13.9. The quantitative estimate of drug-likeness (QED) is 0.221. The molecule has 1 aliphatic heterocycles. The third-order valence-corrected chi connectivity index (χ3v) is 9.88. The van der Waals surface area contributed by atoms with Crippen LogP contribution in [0.4, 0.5) is 5.69 Å². The van der Waals surface area contributed by atoms with Crippen LogP contribution in [0.1, 0.15) is 58.4 Å². The Balaban J connectivity index is 1.29. The van der Waals surface area contributed by atoms with E-state index < -0.39 is 5.97 Å². The smallest absolute Gasteiger partial charge is 0.348 e. The van der Waals surface area contributed by atoms with Crippen LogP contribution >= 0.6 is 11.3 Å². The normalized spacial score (nSPS) is 18.1. The Morgan fingerprint density at radius 1 is 1.00 bits per heavy atom. The number of anilines is 1. The molecule has 0 bridgehead atoms. The summed E-state index contributed by atoms with van der Waals surface area (Å²) in [5, 5.41) is 11.3. The van der Waals surface area contributed by atoms with E-state index >= 15 is 0 Å². The van der Waals surface area contributed by atoms with Gasteiger partial charge in [0.2, 0.25) is 5.91 Å². The fourth-order valence-corrected chi connectivity index (χ4v) is 7.43. The molecule has 2 aliphatic rings. The summed E-state index contributed by atoms with van der Waals surface area (Å²) in [6, 6.07) is 21.2. The summed E-state index contributed by atoms with van der Waals surface area (Å²) in [4.78, 5) is 42.2. The van der Waals surface area contributed by atoms with E-state index in [1.807, 2.05) is 42.5 Å². The van der Waals surface area contributed by atoms with Gasteiger partial charge < -0.3 is 19.0 Å². The molecule has 7 rings (SSSR count). The van der Waals surface area contributed by atoms with Crippen LogP contribution in [0.25, 0.3) is 32.6 Å². The predicted molar refractivity (Wildman–Crippen MR) is 163 cm³/mol. The number of carbonyl (C=O) groups is 3. The first-order chi connectivity index (χ1) is 20.4. The molecule has 0 unspecified atom stereocenters. The molecule has 42 heavy (non-hydrogen) atoms. The Morgan fingerprint density at radius 2 is 1.81 bits per heavy atom. The highest BCUT2D eigenvalue weighted by Gasteiger charge is 2.33. The Bertz CT molecular complexity index is 1840. The summed E-state index contributed by atoms with van der Waals surface area (Å²) in [6.07, 6.45) is 5.10. The number of Topliss-reactive ketones (excluding diaryl/α,β-unsaturated/α-hetero) is 1. The van der Waals surface area contributed by atoms with Crippen LogP contribution < -0.4 is 4.90 Å². The number of aromatic nitrogens is 1. The van der Waals surface area contributed by atoms with Crippen molar-refractivity contribution in [2.75, 3.05) is 4.90 Å². The Hall–Kier alpha value is -4.43. The topological polar surface area (TPSA) is 92.8 Å². The average molecular weight is 579 g/mol. The van der Waals surface area contributed by atoms with Crippen molar-refractivity contribution in [2.45, 2.75) is 45.7 Å². The zero-order chi connectivity index (χ0) is 29.0. The van der Waals surface area contributed by atoms with Crippen LogP contribution in [0.5, 0.6) is 0 Å². The van der Waals surface area contributed by atoms with E-state index in [0.29, 0.717) is 27.8 Å². The van der Waals surface area contributed by atoms with Gasteiger partial charge in [0.15, 0.2) is 5.78 Å². The van der Waals surface area contributed by atoms with Crippen molar-refractivity contribution in [2.24, 2.45) is 11.8 Å². The van der Waals surface area contributed by atoms with Crippen molar-refractivity contribution in [1.29, 1.82) is 0 Å². The van der Waals surface area contributed by atoms with Crippen molar-refractivity contribution in [3.05, 3.63) is 89.2 Å². The second-order valence-electron chi connectivity index (χ2n) is 11.4. The van der Waals surface area contributed by atoms with Crippen molar-refractivity contribution in [3.63, 3.8) is 0 Å². The summed E-state index contributed by atoms with van der Waals surface area (Å²) < 4.78 is 7.63. The number of hydrogen-bond acceptors (Lipinski definition) is 5. The molecule has 5 aromatic rings. The molecule has 1 fully saturated rings. The molecule has 7 nitrogen and oxygen atoms in total. The lowest BCUT2D eigenvalue weighted by atomic mass is 9.82. The van der Waals surface area contributed by atoms with Gasteiger partial charge in [-0.2, -0.15) is 0 Å². The number of furan rings is 1. The van der Waals surface area contributed by atoms with E-state index in [0.717, 1.165) is 64.7 Å². The van der Waals surface area contributed by atoms with Crippen molar-refractivity contribution < 1.29 is 23.9 Å². The Kier molecular flexibility index (Phi) is 6.58. The number of carbonyl (C=O) groups excluding carboxylic acids is 2. The maximum absolute atomic E-state index is 13.9. The molecule has 1 saturated carbocycles. The fourth-order valence-electron chi connectivity index (χ4n) is 6.43. The zero-order valence-corrected chi connectivity index (χ0v) is 24.0. The molecule has 212 valence electrons. The molecule has 8 heteroatoms. The zero-order valence-electron chi connectivity index (χ0n) is 23.2. The number of aromatic carboxylic acids is 1. The molecule has 0 radical (unpaired) electrons. The van der Waals surface area contributed by atoms with Crippen LogP contribution in [0, 0.1) is 11.8 Å². The second-order valence-corrected chi connectivity index (χ2v) is 12.5. The minimum atomic E-state index is -1.09. The highest BCUT2D eigenvalue weighted by atomic mass is 32.1. The van der Waals surface area contributed by atoms with E-state index in [1.54, 1.807) is 29.4 Å². The van der Waals surface area contributed by atoms with Gasteiger partial charge >= 0.3 is 5.97 Å². The van der Waals surface area contributed by atoms with Crippen LogP contribution in [-0.4, -0.2) is 27.3 Å². The standard InChI is InChI=1S/C34H30N2O5S/c1-20-8-10-21(11-9-20)33(38)36(18-24-6-4-14-41-24)29-17-31(42-32(29)34(39)40)23-12-13-25-26(15-23)30(37)19-35-27-7-3-2-5-22(27)16-28(25)35/h2-7,12-17,20-21H,8-11,18-19H2,1H3,(H,39,40). The van der Waals surface area contributed by atoms with E-state index in [4.69, 9.17) is 4.42 Å². The number of amides is 1. The van der Waals surface area contributed by atoms with Gasteiger partial charge in [-0.05, 0) is 73.6 Å². The SMILES string of the molecule is CC1CCC(C(=O)N(Cc2ccco2)c2cc(-c3ccc4c(c3)C(=O)Cn3c-4cc4ccccc43)sc2C(=O)O)CC1. The first-order valence-corrected chi connectivity index (χ1v) is 15.2. The second kappa shape index (κ2) is 10.4. The van der Waals surface area contributed by atoms with E-state index in [2.05, 4.69) is 17.6 Å². The largest absolute Gasteiger partial charge is 0.477 e. The number of hydrogen-bond donors (Lipinski definition) is 1. The minimum absolute atomic E-state index is 0.0112. The molecule has 0 atom stereocenters. The Morgan fingerprint density at radius 3 is 2.57 bits per heavy atom. The number of carboxylic acid groups (broad SMARTS) is 1. The van der Waals surface area contributed by atoms with Gasteiger partial charge in [0, 0.05) is 32.8 Å². The first kappa shape index (κ1) is 26.5. The van der Waals surface area contributed by atoms with Gasteiger partial charge in [-0.1, -0.05) is 37.3 Å². The molecule has 2 aromatic carbocycles. The number of fused-ring (bicyclic) bond motifs is 5. The molecule has 3 aromatic heterocycles. The van der Waals surface area contributed by atoms with Crippen LogP contribution in [-0.2, 0) is 17.9 Å². The van der Waals surface area contributed by atoms with Gasteiger partial charge in [-0.15, -0.1) is 11.3 Å². The number of rotatable bonds is 6. The van der Waals surface area contributed by atoms with Gasteiger partial charge in [-0.3, -0.25) is 9.59 Å². The fraction of sp³-hybridized carbons (Fsp3) is 0.265. The molecule has 4 heterocycles. The molecular weight excluding hydrogens is 548 g/mol. The van der Waals surface area contributed by atoms with Crippen LogP contribution in [0.3, 0.4) is 0 Å². The summed E-state index contributed by atoms with van der Waals surface area (Å²) >= 11 is 1.13. The molecule has 1 amide bonds. The van der Waals surface area contributed by atoms with E-state index in [-0.39, 0.29) is 35.6 Å². The molecular formula is C34H30N2O5S. The van der Waals surface area contributed by atoms with Crippen molar-refractivity contribution in [3.8, 4) is 21.7 Å². The van der Waals surface area contributed by atoms with Gasteiger partial charge in [0.1, 0.15) is 10.6 Å². The lowest BCUT2D eigenvalue weighted by Gasteiger charge is -2.30. The number of carboxylic acids is 1. The van der Waals surface area contributed by atoms with Crippen molar-refractivity contribution in [1.82, 2.24) is 4.57 Å². The molecule has 1 aliphatic carbocycles. The average Bonchev–Trinajstić information content (AvgIpc) is 3.75. The Labute approximate surface area is 247 Å². The third-order valence-electron chi connectivity index (χ3n) is 8.72. The number of benzene rings is 2. The monoisotopic (exact) mass is 578 g/mol. The minimum Gasteiger partial charge on any atom is -0.477 e. The number of ketones is 1. The lowest BCUT2D eigenvalue weighted by molar-refractivity contribution is -0.123. The number of para-hydroxylation sites is 1. The number of thiophene rings is 1. The van der Waals surface area contributed by atoms with Gasteiger partial charge in [0.05, 0.1) is 30.7 Å². The summed E-state index contributed by atoms with van der Waals surface area (Å²) in [5.74, 6) is -0.131. The van der Waals surface area contributed by atoms with E-state index in [1.165, 1.54) is 0 Å². The predicted octanol–water partition coefficient (Wildman–Crippen LogP) is 7.88. The highest BCUT2D eigenvalue weighted by Crippen LogP contribution is 2.42. The number of nitrogens with zero attached hydrogens (tertiary/aromatic N) is 2. The van der Waals surface area contributed by atoms with Gasteiger partial charge in [-0.25, -0.2) is 4.79 Å².